The van der Waals surface area contributed by atoms with Gasteiger partial charge in [-0.3, -0.25) is 9.59 Å². The lowest BCUT2D eigenvalue weighted by molar-refractivity contribution is 0.0917. The van der Waals surface area contributed by atoms with Crippen LogP contribution in [0, 0.1) is 0 Å². The number of nitrogens with zero attached hydrogens (tertiary/aromatic N) is 1. The molecular formula is C24H26N2O4S. The van der Waals surface area contributed by atoms with Gasteiger partial charge in [0.15, 0.2) is 5.78 Å². The number of amides is 1. The first-order chi connectivity index (χ1) is 15.0. The molecule has 31 heavy (non-hydrogen) atoms. The number of hydrogen-bond donors (Lipinski definition) is 1. The number of carbonyl (C=O) groups is 2. The van der Waals surface area contributed by atoms with E-state index < -0.39 is 15.6 Å². The maximum Gasteiger partial charge on any atom is 0.252 e. The number of fused-ring (bicyclic) bond motifs is 2. The lowest BCUT2D eigenvalue weighted by Crippen LogP contribution is -2.37. The molecule has 2 aliphatic heterocycles. The van der Waals surface area contributed by atoms with Crippen LogP contribution in [0.5, 0.6) is 0 Å². The van der Waals surface area contributed by atoms with Crippen molar-refractivity contribution in [3.63, 3.8) is 0 Å². The van der Waals surface area contributed by atoms with Gasteiger partial charge in [-0.2, -0.15) is 0 Å². The lowest BCUT2D eigenvalue weighted by Gasteiger charge is -2.26. The summed E-state index contributed by atoms with van der Waals surface area (Å²) in [7, 11) is -3.90. The van der Waals surface area contributed by atoms with Crippen LogP contribution in [0.1, 0.15) is 71.2 Å². The summed E-state index contributed by atoms with van der Waals surface area (Å²) in [5.41, 5.74) is 1.11. The highest BCUT2D eigenvalue weighted by Gasteiger charge is 2.38. The minimum absolute atomic E-state index is 0.00256. The third-order valence-electron chi connectivity index (χ3n) is 6.70. The van der Waals surface area contributed by atoms with E-state index in [1.54, 1.807) is 24.3 Å². The standard InChI is InChI=1S/C24H26N2O4S/c27-23-18-12-11-17(26-13-4-5-14-26)15-21(18)31(29,30)20-10-6-9-19(22(20)23)24(28)25-16-7-2-1-3-8-16/h6,9-12,15-16H,1-5,7-8,13-14H2,(H,25,28). The molecule has 162 valence electrons. The van der Waals surface area contributed by atoms with Gasteiger partial charge in [-0.05, 0) is 56.0 Å². The van der Waals surface area contributed by atoms with Gasteiger partial charge in [0.25, 0.3) is 5.91 Å². The first-order valence-corrected chi connectivity index (χ1v) is 12.6. The van der Waals surface area contributed by atoms with Crippen LogP contribution in [0.3, 0.4) is 0 Å². The molecule has 6 nitrogen and oxygen atoms in total. The number of anilines is 1. The maximum absolute atomic E-state index is 13.5. The van der Waals surface area contributed by atoms with E-state index in [1.165, 1.54) is 12.5 Å². The fourth-order valence-electron chi connectivity index (χ4n) is 5.03. The van der Waals surface area contributed by atoms with Gasteiger partial charge in [0.05, 0.1) is 20.9 Å². The van der Waals surface area contributed by atoms with Crippen molar-refractivity contribution < 1.29 is 18.0 Å². The number of hydrogen-bond acceptors (Lipinski definition) is 5. The number of benzene rings is 2. The van der Waals surface area contributed by atoms with Gasteiger partial charge in [0, 0.05) is 30.4 Å². The molecule has 3 aliphatic rings. The van der Waals surface area contributed by atoms with Gasteiger partial charge in [0.2, 0.25) is 9.84 Å². The van der Waals surface area contributed by atoms with E-state index in [1.807, 2.05) is 6.07 Å². The second-order valence-corrected chi connectivity index (χ2v) is 10.6. The number of rotatable bonds is 3. The van der Waals surface area contributed by atoms with E-state index in [0.29, 0.717) is 0 Å². The quantitative estimate of drug-likeness (QED) is 0.674. The lowest BCUT2D eigenvalue weighted by atomic mass is 9.94. The molecule has 2 heterocycles. The normalized spacial score (nSPS) is 20.3. The van der Waals surface area contributed by atoms with Gasteiger partial charge >= 0.3 is 0 Å². The molecule has 0 atom stereocenters. The van der Waals surface area contributed by atoms with Crippen molar-refractivity contribution in [1.29, 1.82) is 0 Å². The van der Waals surface area contributed by atoms with Crippen LogP contribution in [-0.2, 0) is 9.84 Å². The van der Waals surface area contributed by atoms with Crippen molar-refractivity contribution >= 4 is 27.2 Å². The molecule has 0 aromatic heterocycles. The molecule has 2 aromatic rings. The highest BCUT2D eigenvalue weighted by molar-refractivity contribution is 7.91. The molecule has 1 saturated heterocycles. The topological polar surface area (TPSA) is 83.6 Å². The second kappa shape index (κ2) is 7.79. The zero-order valence-corrected chi connectivity index (χ0v) is 18.2. The summed E-state index contributed by atoms with van der Waals surface area (Å²) in [5.74, 6) is -0.772. The Bertz CT molecular complexity index is 1160. The second-order valence-electron chi connectivity index (χ2n) is 8.69. The van der Waals surface area contributed by atoms with E-state index in [9.17, 15) is 18.0 Å². The van der Waals surface area contributed by atoms with Gasteiger partial charge in [-0.25, -0.2) is 8.42 Å². The Morgan fingerprint density at radius 2 is 1.68 bits per heavy atom. The third kappa shape index (κ3) is 3.45. The average molecular weight is 439 g/mol. The molecule has 5 rings (SSSR count). The van der Waals surface area contributed by atoms with Crippen LogP contribution in [0.25, 0.3) is 0 Å². The fourth-order valence-corrected chi connectivity index (χ4v) is 6.73. The van der Waals surface area contributed by atoms with Gasteiger partial charge in [-0.15, -0.1) is 0 Å². The molecule has 1 N–H and O–H groups in total. The van der Waals surface area contributed by atoms with Gasteiger partial charge in [-0.1, -0.05) is 25.3 Å². The van der Waals surface area contributed by atoms with Crippen molar-refractivity contribution in [3.8, 4) is 0 Å². The predicted octanol–water partition coefficient (Wildman–Crippen LogP) is 3.73. The van der Waals surface area contributed by atoms with E-state index in [4.69, 9.17) is 0 Å². The smallest absolute Gasteiger partial charge is 0.252 e. The molecular weight excluding hydrogens is 412 g/mol. The summed E-state index contributed by atoms with van der Waals surface area (Å²) >= 11 is 0. The fraction of sp³-hybridized carbons (Fsp3) is 0.417. The molecule has 7 heteroatoms. The molecule has 1 aliphatic carbocycles. The predicted molar refractivity (Wildman–Crippen MR) is 118 cm³/mol. The first-order valence-electron chi connectivity index (χ1n) is 11.1. The van der Waals surface area contributed by atoms with Crippen molar-refractivity contribution in [2.75, 3.05) is 18.0 Å². The van der Waals surface area contributed by atoms with E-state index >= 15 is 0 Å². The van der Waals surface area contributed by atoms with E-state index in [2.05, 4.69) is 10.2 Å². The monoisotopic (exact) mass is 438 g/mol. The number of sulfone groups is 1. The van der Waals surface area contributed by atoms with Crippen LogP contribution in [-0.4, -0.2) is 39.2 Å². The van der Waals surface area contributed by atoms with Crippen molar-refractivity contribution in [3.05, 3.63) is 53.1 Å². The Kier molecular flexibility index (Phi) is 5.08. The first kappa shape index (κ1) is 20.2. The van der Waals surface area contributed by atoms with Crippen molar-refractivity contribution in [2.45, 2.75) is 60.8 Å². The zero-order chi connectivity index (χ0) is 21.6. The molecule has 2 fully saturated rings. The Hall–Kier alpha value is -2.67. The highest BCUT2D eigenvalue weighted by Crippen LogP contribution is 2.38. The summed E-state index contributed by atoms with van der Waals surface area (Å²) in [6, 6.07) is 9.64. The number of ketones is 1. The van der Waals surface area contributed by atoms with Gasteiger partial charge < -0.3 is 10.2 Å². The number of carbonyl (C=O) groups excluding carboxylic acids is 2. The SMILES string of the molecule is O=C(NC1CCCCC1)c1cccc2c1C(=O)c1ccc(N3CCCC3)cc1S2(=O)=O. The van der Waals surface area contributed by atoms with Crippen molar-refractivity contribution in [2.24, 2.45) is 0 Å². The van der Waals surface area contributed by atoms with Gasteiger partial charge in [0.1, 0.15) is 0 Å². The van der Waals surface area contributed by atoms with E-state index in [-0.39, 0.29) is 38.4 Å². The molecule has 1 saturated carbocycles. The molecule has 1 amide bonds. The third-order valence-corrected chi connectivity index (χ3v) is 8.53. The average Bonchev–Trinajstić information content (AvgIpc) is 3.33. The molecule has 2 aromatic carbocycles. The minimum atomic E-state index is -3.90. The summed E-state index contributed by atoms with van der Waals surface area (Å²) in [4.78, 5) is 28.5. The molecule has 0 bridgehead atoms. The Balaban J connectivity index is 1.55. The largest absolute Gasteiger partial charge is 0.371 e. The Morgan fingerprint density at radius 1 is 0.935 bits per heavy atom. The van der Waals surface area contributed by atoms with Crippen LogP contribution < -0.4 is 10.2 Å². The Morgan fingerprint density at radius 3 is 2.42 bits per heavy atom. The zero-order valence-electron chi connectivity index (χ0n) is 17.4. The summed E-state index contributed by atoms with van der Waals surface area (Å²) in [6.07, 6.45) is 7.27. The summed E-state index contributed by atoms with van der Waals surface area (Å²) < 4.78 is 26.9. The van der Waals surface area contributed by atoms with Crippen LogP contribution in [0.15, 0.2) is 46.2 Å². The van der Waals surface area contributed by atoms with Crippen molar-refractivity contribution in [1.82, 2.24) is 5.32 Å². The highest BCUT2D eigenvalue weighted by atomic mass is 32.2. The van der Waals surface area contributed by atoms with Crippen LogP contribution in [0.2, 0.25) is 0 Å². The van der Waals surface area contributed by atoms with E-state index in [0.717, 1.165) is 57.3 Å². The summed E-state index contributed by atoms with van der Waals surface area (Å²) in [5, 5.41) is 3.01. The summed E-state index contributed by atoms with van der Waals surface area (Å²) in [6.45, 7) is 1.77. The molecule has 0 radical (unpaired) electrons. The minimum Gasteiger partial charge on any atom is -0.371 e. The van der Waals surface area contributed by atoms with Crippen LogP contribution in [0.4, 0.5) is 5.69 Å². The Labute approximate surface area is 182 Å². The molecule has 0 spiro atoms. The molecule has 0 unspecified atom stereocenters. The maximum atomic E-state index is 13.5. The van der Waals surface area contributed by atoms with Crippen LogP contribution >= 0.6 is 0 Å². The number of nitrogens with one attached hydrogen (secondary N) is 1.